The Morgan fingerprint density at radius 3 is 3.31 bits per heavy atom. The SMILES string of the molecule is C#CCSCCNc1cccc2nccn12. The molecule has 2 heterocycles. The highest BCUT2D eigenvalue weighted by molar-refractivity contribution is 7.99. The number of imidazole rings is 1. The zero-order chi connectivity index (χ0) is 11.2. The Kier molecular flexibility index (Phi) is 3.73. The number of nitrogens with one attached hydrogen (secondary N) is 1. The summed E-state index contributed by atoms with van der Waals surface area (Å²) in [6.07, 6.45) is 8.93. The molecule has 0 aliphatic heterocycles. The van der Waals surface area contributed by atoms with Crippen molar-refractivity contribution >= 4 is 23.2 Å². The lowest BCUT2D eigenvalue weighted by molar-refractivity contribution is 1.11. The first kappa shape index (κ1) is 10.9. The minimum atomic E-state index is 0.775. The summed E-state index contributed by atoms with van der Waals surface area (Å²) in [6, 6.07) is 6.03. The van der Waals surface area contributed by atoms with E-state index >= 15 is 0 Å². The third-order valence-corrected chi connectivity index (χ3v) is 3.03. The van der Waals surface area contributed by atoms with Gasteiger partial charge in [-0.1, -0.05) is 12.0 Å². The summed E-state index contributed by atoms with van der Waals surface area (Å²) in [5.74, 6) is 5.46. The number of aromatic nitrogens is 2. The fourth-order valence-electron chi connectivity index (χ4n) is 1.47. The number of thioether (sulfide) groups is 1. The Labute approximate surface area is 99.3 Å². The van der Waals surface area contributed by atoms with Crippen LogP contribution in [0, 0.1) is 12.3 Å². The smallest absolute Gasteiger partial charge is 0.138 e. The van der Waals surface area contributed by atoms with Gasteiger partial charge in [0.1, 0.15) is 11.5 Å². The summed E-state index contributed by atoms with van der Waals surface area (Å²) >= 11 is 1.76. The van der Waals surface area contributed by atoms with E-state index in [9.17, 15) is 0 Å². The molecular weight excluding hydrogens is 218 g/mol. The van der Waals surface area contributed by atoms with Gasteiger partial charge in [-0.25, -0.2) is 4.98 Å². The fourth-order valence-corrected chi connectivity index (χ4v) is 1.98. The normalized spacial score (nSPS) is 10.2. The Morgan fingerprint density at radius 1 is 1.50 bits per heavy atom. The van der Waals surface area contributed by atoms with Crippen molar-refractivity contribution in [3.8, 4) is 12.3 Å². The molecule has 0 amide bonds. The molecule has 0 aromatic carbocycles. The van der Waals surface area contributed by atoms with Gasteiger partial charge in [-0.2, -0.15) is 0 Å². The largest absolute Gasteiger partial charge is 0.370 e. The number of anilines is 1. The highest BCUT2D eigenvalue weighted by Gasteiger charge is 1.98. The highest BCUT2D eigenvalue weighted by Crippen LogP contribution is 2.10. The molecule has 1 N–H and O–H groups in total. The topological polar surface area (TPSA) is 29.3 Å². The van der Waals surface area contributed by atoms with Crippen LogP contribution in [0.5, 0.6) is 0 Å². The van der Waals surface area contributed by atoms with Crippen molar-refractivity contribution in [1.82, 2.24) is 9.38 Å². The van der Waals surface area contributed by atoms with Crippen molar-refractivity contribution in [2.75, 3.05) is 23.4 Å². The number of terminal acetylenes is 1. The van der Waals surface area contributed by atoms with Crippen molar-refractivity contribution in [3.63, 3.8) is 0 Å². The fraction of sp³-hybridized carbons (Fsp3) is 0.250. The van der Waals surface area contributed by atoms with E-state index in [-0.39, 0.29) is 0 Å². The van der Waals surface area contributed by atoms with E-state index in [1.54, 1.807) is 18.0 Å². The Hall–Kier alpha value is -1.60. The zero-order valence-electron chi connectivity index (χ0n) is 8.89. The third-order valence-electron chi connectivity index (χ3n) is 2.17. The molecule has 16 heavy (non-hydrogen) atoms. The van der Waals surface area contributed by atoms with E-state index in [0.29, 0.717) is 0 Å². The van der Waals surface area contributed by atoms with Gasteiger partial charge >= 0.3 is 0 Å². The second kappa shape index (κ2) is 5.47. The van der Waals surface area contributed by atoms with Crippen LogP contribution >= 0.6 is 11.8 Å². The van der Waals surface area contributed by atoms with Crippen molar-refractivity contribution in [1.29, 1.82) is 0 Å². The summed E-state index contributed by atoms with van der Waals surface area (Å²) in [5, 5.41) is 3.37. The zero-order valence-corrected chi connectivity index (χ0v) is 9.70. The van der Waals surface area contributed by atoms with E-state index in [2.05, 4.69) is 16.2 Å². The molecule has 0 spiro atoms. The van der Waals surface area contributed by atoms with Crippen molar-refractivity contribution in [2.24, 2.45) is 0 Å². The number of fused-ring (bicyclic) bond motifs is 1. The predicted molar refractivity (Wildman–Crippen MR) is 69.8 cm³/mol. The van der Waals surface area contributed by atoms with Crippen LogP contribution in [0.2, 0.25) is 0 Å². The van der Waals surface area contributed by atoms with Crippen LogP contribution < -0.4 is 5.32 Å². The maximum absolute atomic E-state index is 5.18. The molecule has 3 nitrogen and oxygen atoms in total. The van der Waals surface area contributed by atoms with Gasteiger partial charge < -0.3 is 5.32 Å². The van der Waals surface area contributed by atoms with Crippen molar-refractivity contribution in [2.45, 2.75) is 0 Å². The minimum absolute atomic E-state index is 0.775. The predicted octanol–water partition coefficient (Wildman–Crippen LogP) is 2.11. The number of pyridine rings is 1. The maximum Gasteiger partial charge on any atom is 0.138 e. The van der Waals surface area contributed by atoms with Crippen LogP contribution in [-0.2, 0) is 0 Å². The van der Waals surface area contributed by atoms with Crippen LogP contribution in [0.3, 0.4) is 0 Å². The van der Waals surface area contributed by atoms with Gasteiger partial charge in [-0.15, -0.1) is 18.2 Å². The molecule has 2 aromatic rings. The summed E-state index contributed by atoms with van der Waals surface area (Å²) < 4.78 is 2.03. The Morgan fingerprint density at radius 2 is 2.44 bits per heavy atom. The summed E-state index contributed by atoms with van der Waals surface area (Å²) in [4.78, 5) is 4.23. The summed E-state index contributed by atoms with van der Waals surface area (Å²) in [7, 11) is 0. The van der Waals surface area contributed by atoms with Gasteiger partial charge in [0.25, 0.3) is 0 Å². The molecule has 4 heteroatoms. The van der Waals surface area contributed by atoms with Crippen LogP contribution in [0.1, 0.15) is 0 Å². The third kappa shape index (κ3) is 2.50. The number of hydrogen-bond acceptors (Lipinski definition) is 3. The monoisotopic (exact) mass is 231 g/mol. The average molecular weight is 231 g/mol. The van der Waals surface area contributed by atoms with Crippen LogP contribution in [0.4, 0.5) is 5.82 Å². The molecule has 2 aromatic heterocycles. The van der Waals surface area contributed by atoms with Gasteiger partial charge in [0.15, 0.2) is 0 Å². The minimum Gasteiger partial charge on any atom is -0.370 e. The highest BCUT2D eigenvalue weighted by atomic mass is 32.2. The average Bonchev–Trinajstić information content (AvgIpc) is 2.77. The molecule has 0 unspecified atom stereocenters. The van der Waals surface area contributed by atoms with Crippen LogP contribution in [0.15, 0.2) is 30.6 Å². The second-order valence-corrected chi connectivity index (χ2v) is 4.36. The number of hydrogen-bond donors (Lipinski definition) is 1. The van der Waals surface area contributed by atoms with Crippen molar-refractivity contribution in [3.05, 3.63) is 30.6 Å². The molecule has 0 fully saturated rings. The molecule has 2 rings (SSSR count). The lowest BCUT2D eigenvalue weighted by atomic mass is 10.4. The summed E-state index contributed by atoms with van der Waals surface area (Å²) in [6.45, 7) is 0.906. The molecule has 0 radical (unpaired) electrons. The first-order valence-electron chi connectivity index (χ1n) is 5.09. The van der Waals surface area contributed by atoms with Crippen molar-refractivity contribution < 1.29 is 0 Å². The van der Waals surface area contributed by atoms with E-state index in [1.165, 1.54) is 0 Å². The van der Waals surface area contributed by atoms with Gasteiger partial charge in [0.05, 0.1) is 5.75 Å². The molecule has 0 aliphatic rings. The lowest BCUT2D eigenvalue weighted by Crippen LogP contribution is -2.07. The van der Waals surface area contributed by atoms with Crippen LogP contribution in [0.25, 0.3) is 5.65 Å². The number of rotatable bonds is 5. The molecule has 0 atom stereocenters. The Bertz CT molecular complexity index is 498. The standard InChI is InChI=1S/C12H13N3S/c1-2-9-16-10-7-14-12-5-3-4-11-13-6-8-15(11)12/h1,3-6,8,14H,7,9-10H2. The van der Waals surface area contributed by atoms with Gasteiger partial charge in [0.2, 0.25) is 0 Å². The molecule has 82 valence electrons. The van der Waals surface area contributed by atoms with E-state index in [0.717, 1.165) is 29.5 Å². The number of nitrogens with zero attached hydrogens (tertiary/aromatic N) is 2. The molecule has 0 saturated heterocycles. The summed E-state index contributed by atoms with van der Waals surface area (Å²) in [5.41, 5.74) is 0.960. The van der Waals surface area contributed by atoms with Gasteiger partial charge in [-0.3, -0.25) is 4.40 Å². The van der Waals surface area contributed by atoms with E-state index in [4.69, 9.17) is 6.42 Å². The second-order valence-electron chi connectivity index (χ2n) is 3.25. The van der Waals surface area contributed by atoms with Crippen LogP contribution in [-0.4, -0.2) is 27.4 Å². The first-order chi connectivity index (χ1) is 7.92. The van der Waals surface area contributed by atoms with E-state index in [1.807, 2.05) is 28.8 Å². The van der Waals surface area contributed by atoms with Gasteiger partial charge in [0, 0.05) is 24.7 Å². The molecule has 0 aliphatic carbocycles. The lowest BCUT2D eigenvalue weighted by Gasteiger charge is -2.07. The van der Waals surface area contributed by atoms with Gasteiger partial charge in [-0.05, 0) is 12.1 Å². The quantitative estimate of drug-likeness (QED) is 0.631. The maximum atomic E-state index is 5.18. The molecule has 0 saturated carbocycles. The molecule has 0 bridgehead atoms. The Balaban J connectivity index is 1.94. The van der Waals surface area contributed by atoms with E-state index < -0.39 is 0 Å². The molecular formula is C12H13N3S. The first-order valence-corrected chi connectivity index (χ1v) is 6.24.